The predicted molar refractivity (Wildman–Crippen MR) is 77.0 cm³/mol. The van der Waals surface area contributed by atoms with E-state index < -0.39 is 0 Å². The lowest BCUT2D eigenvalue weighted by molar-refractivity contribution is -0.140. The van der Waals surface area contributed by atoms with Crippen LogP contribution in [-0.2, 0) is 4.79 Å². The van der Waals surface area contributed by atoms with Gasteiger partial charge in [0.05, 0.1) is 5.54 Å². The summed E-state index contributed by atoms with van der Waals surface area (Å²) in [5.74, 6) is 1.66. The van der Waals surface area contributed by atoms with E-state index in [1.807, 2.05) is 0 Å². The Morgan fingerprint density at radius 2 is 1.94 bits per heavy atom. The topological polar surface area (TPSA) is 32.3 Å². The van der Waals surface area contributed by atoms with Crippen molar-refractivity contribution in [1.82, 2.24) is 10.2 Å². The van der Waals surface area contributed by atoms with Gasteiger partial charge in [-0.05, 0) is 44.1 Å². The molecule has 0 radical (unpaired) electrons. The van der Waals surface area contributed by atoms with Gasteiger partial charge in [0, 0.05) is 13.1 Å². The molecule has 0 spiro atoms. The lowest BCUT2D eigenvalue weighted by Crippen LogP contribution is -2.57. The van der Waals surface area contributed by atoms with E-state index in [9.17, 15) is 4.79 Å². The molecule has 0 saturated carbocycles. The number of hydrogen-bond acceptors (Lipinski definition) is 2. The average Bonchev–Trinajstić information content (AvgIpc) is 2.76. The van der Waals surface area contributed by atoms with Crippen molar-refractivity contribution >= 4 is 18.3 Å². The van der Waals surface area contributed by atoms with Crippen LogP contribution in [0.25, 0.3) is 0 Å². The van der Waals surface area contributed by atoms with E-state index in [0.29, 0.717) is 17.7 Å². The maximum absolute atomic E-state index is 12.7. The molecule has 0 aromatic rings. The van der Waals surface area contributed by atoms with Crippen molar-refractivity contribution in [2.75, 3.05) is 19.6 Å². The van der Waals surface area contributed by atoms with E-state index in [1.165, 1.54) is 6.42 Å². The molecular formula is C14H27ClN2O. The second-order valence-electron chi connectivity index (χ2n) is 6.12. The number of halogens is 1. The number of hydrogen-bond donors (Lipinski definition) is 1. The summed E-state index contributed by atoms with van der Waals surface area (Å²) >= 11 is 0. The van der Waals surface area contributed by atoms with Crippen molar-refractivity contribution in [3.05, 3.63) is 0 Å². The summed E-state index contributed by atoms with van der Waals surface area (Å²) in [5, 5.41) is 3.46. The lowest BCUT2D eigenvalue weighted by Gasteiger charge is -2.40. The van der Waals surface area contributed by atoms with Crippen LogP contribution in [0, 0.1) is 11.8 Å². The molecule has 1 N–H and O–H groups in total. The first-order valence-corrected chi connectivity index (χ1v) is 7.12. The molecule has 0 bridgehead atoms. The molecule has 3 unspecified atom stereocenters. The Hall–Kier alpha value is -0.280. The van der Waals surface area contributed by atoms with Gasteiger partial charge in [-0.1, -0.05) is 20.8 Å². The molecule has 0 aromatic heterocycles. The Morgan fingerprint density at radius 3 is 2.39 bits per heavy atom. The van der Waals surface area contributed by atoms with Gasteiger partial charge in [-0.25, -0.2) is 0 Å². The summed E-state index contributed by atoms with van der Waals surface area (Å²) < 4.78 is 0. The first-order chi connectivity index (χ1) is 8.07. The van der Waals surface area contributed by atoms with E-state index in [4.69, 9.17) is 0 Å². The highest BCUT2D eigenvalue weighted by Crippen LogP contribution is 2.29. The molecular weight excluding hydrogens is 248 g/mol. The molecule has 4 heteroatoms. The van der Waals surface area contributed by atoms with Crippen LogP contribution < -0.4 is 5.32 Å². The van der Waals surface area contributed by atoms with Crippen molar-refractivity contribution in [3.8, 4) is 0 Å². The van der Waals surface area contributed by atoms with E-state index in [1.54, 1.807) is 0 Å². The number of nitrogens with one attached hydrogen (secondary N) is 1. The molecule has 2 aliphatic heterocycles. The van der Waals surface area contributed by atoms with E-state index >= 15 is 0 Å². The maximum atomic E-state index is 12.7. The van der Waals surface area contributed by atoms with Crippen LogP contribution in [0.4, 0.5) is 0 Å². The molecule has 2 fully saturated rings. The zero-order valence-corrected chi connectivity index (χ0v) is 12.7. The smallest absolute Gasteiger partial charge is 0.242 e. The average molecular weight is 275 g/mol. The molecule has 106 valence electrons. The van der Waals surface area contributed by atoms with Crippen molar-refractivity contribution in [3.63, 3.8) is 0 Å². The summed E-state index contributed by atoms with van der Waals surface area (Å²) in [6, 6.07) is 0. The number of rotatable bonds is 2. The fourth-order valence-electron chi connectivity index (χ4n) is 3.57. The molecule has 3 nitrogen and oxygen atoms in total. The number of nitrogens with zero attached hydrogens (tertiary/aromatic N) is 1. The van der Waals surface area contributed by atoms with Gasteiger partial charge in [-0.15, -0.1) is 12.4 Å². The van der Waals surface area contributed by atoms with Crippen molar-refractivity contribution in [1.29, 1.82) is 0 Å². The SMILES string of the molecule is CCC1(C(=O)N2CC(C)CC(C)C2)CCCN1.Cl. The number of likely N-dealkylation sites (tertiary alicyclic amines) is 1. The van der Waals surface area contributed by atoms with Gasteiger partial charge in [0.1, 0.15) is 0 Å². The quantitative estimate of drug-likeness (QED) is 0.839. The molecule has 2 aliphatic rings. The van der Waals surface area contributed by atoms with Crippen LogP contribution in [0.5, 0.6) is 0 Å². The van der Waals surface area contributed by atoms with Crippen LogP contribution >= 0.6 is 12.4 Å². The maximum Gasteiger partial charge on any atom is 0.242 e. The fourth-order valence-corrected chi connectivity index (χ4v) is 3.57. The van der Waals surface area contributed by atoms with E-state index in [2.05, 4.69) is 31.0 Å². The molecule has 0 aromatic carbocycles. The van der Waals surface area contributed by atoms with Gasteiger partial charge in [-0.3, -0.25) is 4.79 Å². The normalized spacial score (nSPS) is 36.3. The fraction of sp³-hybridized carbons (Fsp3) is 0.929. The van der Waals surface area contributed by atoms with Crippen LogP contribution in [0.1, 0.15) is 46.5 Å². The molecule has 2 rings (SSSR count). The Kier molecular flexibility index (Phi) is 5.47. The minimum absolute atomic E-state index is 0. The van der Waals surface area contributed by atoms with Gasteiger partial charge in [0.15, 0.2) is 0 Å². The molecule has 2 saturated heterocycles. The Bertz CT molecular complexity index is 280. The third-order valence-electron chi connectivity index (χ3n) is 4.41. The van der Waals surface area contributed by atoms with Gasteiger partial charge < -0.3 is 10.2 Å². The van der Waals surface area contributed by atoms with Crippen LogP contribution in [0.2, 0.25) is 0 Å². The molecule has 3 atom stereocenters. The van der Waals surface area contributed by atoms with Crippen LogP contribution in [0.3, 0.4) is 0 Å². The summed E-state index contributed by atoms with van der Waals surface area (Å²) in [6.07, 6.45) is 4.33. The molecule has 1 amide bonds. The van der Waals surface area contributed by atoms with Gasteiger partial charge in [0.2, 0.25) is 5.91 Å². The van der Waals surface area contributed by atoms with Crippen LogP contribution in [0.15, 0.2) is 0 Å². The number of carbonyl (C=O) groups is 1. The number of amides is 1. The van der Waals surface area contributed by atoms with Crippen LogP contribution in [-0.4, -0.2) is 36.0 Å². The lowest BCUT2D eigenvalue weighted by atomic mass is 9.87. The highest BCUT2D eigenvalue weighted by molar-refractivity contribution is 5.87. The minimum atomic E-state index is -0.239. The summed E-state index contributed by atoms with van der Waals surface area (Å²) in [6.45, 7) is 9.55. The molecule has 2 heterocycles. The van der Waals surface area contributed by atoms with E-state index in [0.717, 1.165) is 38.9 Å². The van der Waals surface area contributed by atoms with Gasteiger partial charge in [0.25, 0.3) is 0 Å². The molecule has 18 heavy (non-hydrogen) atoms. The predicted octanol–water partition coefficient (Wildman–Crippen LogP) is 2.44. The zero-order valence-electron chi connectivity index (χ0n) is 11.9. The minimum Gasteiger partial charge on any atom is -0.341 e. The zero-order chi connectivity index (χ0) is 12.5. The second-order valence-corrected chi connectivity index (χ2v) is 6.12. The third-order valence-corrected chi connectivity index (χ3v) is 4.41. The standard InChI is InChI=1S/C14H26N2O.ClH/c1-4-14(6-5-7-15-14)13(17)16-9-11(2)8-12(3)10-16;/h11-12,15H,4-10H2,1-3H3;1H. The third kappa shape index (κ3) is 3.00. The van der Waals surface area contributed by atoms with Crippen molar-refractivity contribution in [2.24, 2.45) is 11.8 Å². The van der Waals surface area contributed by atoms with E-state index in [-0.39, 0.29) is 17.9 Å². The summed E-state index contributed by atoms with van der Waals surface area (Å²) in [5.41, 5.74) is -0.239. The Balaban J connectivity index is 0.00000162. The number of carbonyl (C=O) groups excluding carboxylic acids is 1. The summed E-state index contributed by atoms with van der Waals surface area (Å²) in [7, 11) is 0. The van der Waals surface area contributed by atoms with Gasteiger partial charge in [-0.2, -0.15) is 0 Å². The first-order valence-electron chi connectivity index (χ1n) is 7.12. The Labute approximate surface area is 117 Å². The second kappa shape index (κ2) is 6.25. The highest BCUT2D eigenvalue weighted by atomic mass is 35.5. The monoisotopic (exact) mass is 274 g/mol. The number of piperidine rings is 1. The van der Waals surface area contributed by atoms with Gasteiger partial charge >= 0.3 is 0 Å². The largest absolute Gasteiger partial charge is 0.341 e. The highest BCUT2D eigenvalue weighted by Gasteiger charge is 2.42. The molecule has 0 aliphatic carbocycles. The summed E-state index contributed by atoms with van der Waals surface area (Å²) in [4.78, 5) is 14.8. The Morgan fingerprint density at radius 1 is 1.33 bits per heavy atom. The van der Waals surface area contributed by atoms with Crippen molar-refractivity contribution < 1.29 is 4.79 Å². The first kappa shape index (κ1) is 15.8. The van der Waals surface area contributed by atoms with Crippen molar-refractivity contribution in [2.45, 2.75) is 52.0 Å².